The Hall–Kier alpha value is -1.42. The number of hydrogen-bond donors (Lipinski definition) is 17. The number of rotatable bonds is 19. The Morgan fingerprint density at radius 1 is 0.558 bits per heavy atom. The van der Waals surface area contributed by atoms with Crippen LogP contribution in [0.15, 0.2) is 11.6 Å². The molecule has 0 bridgehead atoms. The quantitative estimate of drug-likeness (QED) is 0.0536. The lowest BCUT2D eigenvalue weighted by molar-refractivity contribution is -0.404. The standard InChI is InChI=1S/C57H94O29/c1-21(20-76-50-41(69)37(65)34(62)29(16-58)78-50)8-13-57(75-5)22(2)33-28(86-57)15-27-25-7-6-23-14-24(9-11-55(23,3)26(25)10-12-56(27,33)4)77-54-48(84-52-43(71)39(67)40(68)49(74)85-52)44(72)46(32(19-61)81-54)82-53-45(73)47(36(64)31(18-60)80-53)83-51-42(70)38(66)35(63)30(17-59)79-51/h6,21-22,24-54,58-74H,7-20H2,1-5H3. The smallest absolute Gasteiger partial charge is 0.189 e. The highest BCUT2D eigenvalue weighted by molar-refractivity contribution is 5.26. The number of fused-ring (bicyclic) bond motifs is 7. The van der Waals surface area contributed by atoms with Gasteiger partial charge in [-0.15, -0.1) is 0 Å². The molecule has 6 aliphatic heterocycles. The lowest BCUT2D eigenvalue weighted by Gasteiger charge is -2.58. The molecule has 17 N–H and O–H groups in total. The zero-order valence-corrected chi connectivity index (χ0v) is 49.0. The third-order valence-electron chi connectivity index (χ3n) is 21.7. The van der Waals surface area contributed by atoms with Crippen LogP contribution in [0.3, 0.4) is 0 Å². The van der Waals surface area contributed by atoms with Crippen LogP contribution in [0.25, 0.3) is 0 Å². The number of hydrogen-bond acceptors (Lipinski definition) is 29. The van der Waals surface area contributed by atoms with Crippen molar-refractivity contribution >= 4 is 0 Å². The second-order valence-corrected chi connectivity index (χ2v) is 26.5. The van der Waals surface area contributed by atoms with Crippen LogP contribution in [0.1, 0.15) is 85.5 Å². The average Bonchev–Trinajstić information content (AvgIpc) is 1.50. The van der Waals surface area contributed by atoms with Gasteiger partial charge in [0.25, 0.3) is 0 Å². The Labute approximate surface area is 497 Å². The minimum absolute atomic E-state index is 0.0327. The first-order chi connectivity index (χ1) is 40.8. The molecule has 29 nitrogen and oxygen atoms in total. The van der Waals surface area contributed by atoms with E-state index in [1.807, 2.05) is 6.92 Å². The van der Waals surface area contributed by atoms with E-state index < -0.39 is 192 Å². The maximum absolute atomic E-state index is 12.3. The largest absolute Gasteiger partial charge is 0.394 e. The highest BCUT2D eigenvalue weighted by Gasteiger charge is 2.69. The van der Waals surface area contributed by atoms with Gasteiger partial charge in [-0.25, -0.2) is 0 Å². The molecular weight excluding hydrogens is 1150 g/mol. The zero-order valence-electron chi connectivity index (χ0n) is 49.0. The third kappa shape index (κ3) is 12.2. The van der Waals surface area contributed by atoms with Crippen molar-refractivity contribution in [3.63, 3.8) is 0 Å². The van der Waals surface area contributed by atoms with Gasteiger partial charge < -0.3 is 144 Å². The molecule has 6 saturated heterocycles. The molecule has 0 aromatic carbocycles. The molecule has 36 unspecified atom stereocenters. The van der Waals surface area contributed by atoms with E-state index >= 15 is 0 Å². The highest BCUT2D eigenvalue weighted by atomic mass is 16.8. The minimum Gasteiger partial charge on any atom is -0.394 e. The summed E-state index contributed by atoms with van der Waals surface area (Å²) in [7, 11) is 1.69. The number of aliphatic hydroxyl groups is 17. The molecule has 0 aromatic heterocycles. The van der Waals surface area contributed by atoms with Gasteiger partial charge in [-0.2, -0.15) is 0 Å². The molecule has 86 heavy (non-hydrogen) atoms. The maximum Gasteiger partial charge on any atom is 0.189 e. The third-order valence-corrected chi connectivity index (χ3v) is 21.7. The van der Waals surface area contributed by atoms with Crippen LogP contribution in [0.5, 0.6) is 0 Å². The number of ether oxygens (including phenoxy) is 12. The molecule has 3 saturated carbocycles. The summed E-state index contributed by atoms with van der Waals surface area (Å²) >= 11 is 0. The van der Waals surface area contributed by atoms with Gasteiger partial charge in [-0.05, 0) is 91.8 Å². The first-order valence-electron chi connectivity index (χ1n) is 30.5. The van der Waals surface area contributed by atoms with Gasteiger partial charge in [0.1, 0.15) is 116 Å². The summed E-state index contributed by atoms with van der Waals surface area (Å²) in [5, 5.41) is 180. The van der Waals surface area contributed by atoms with Crippen molar-refractivity contribution in [3.05, 3.63) is 11.6 Å². The van der Waals surface area contributed by atoms with Crippen LogP contribution in [0, 0.1) is 46.3 Å². The van der Waals surface area contributed by atoms with Crippen molar-refractivity contribution < 1.29 is 144 Å². The molecule has 10 aliphatic rings. The lowest BCUT2D eigenvalue weighted by Crippen LogP contribution is -2.68. The summed E-state index contributed by atoms with van der Waals surface area (Å²) in [6, 6.07) is 0. The fraction of sp³-hybridized carbons (Fsp3) is 0.965. The maximum atomic E-state index is 12.3. The van der Waals surface area contributed by atoms with Crippen LogP contribution >= 0.6 is 0 Å². The molecule has 0 spiro atoms. The summed E-state index contributed by atoms with van der Waals surface area (Å²) in [5.41, 5.74) is 0.928. The number of aliphatic hydroxyl groups excluding tert-OH is 17. The van der Waals surface area contributed by atoms with Crippen LogP contribution < -0.4 is 0 Å². The van der Waals surface area contributed by atoms with Crippen LogP contribution in [-0.2, 0) is 56.8 Å². The van der Waals surface area contributed by atoms with E-state index in [2.05, 4.69) is 26.8 Å². The summed E-state index contributed by atoms with van der Waals surface area (Å²) < 4.78 is 72.3. The zero-order chi connectivity index (χ0) is 62.2. The molecule has 36 atom stereocenters. The molecule has 9 fully saturated rings. The Kier molecular flexibility index (Phi) is 21.1. The van der Waals surface area contributed by atoms with Gasteiger partial charge in [-0.3, -0.25) is 0 Å². The van der Waals surface area contributed by atoms with Crippen LogP contribution in [-0.4, -0.2) is 299 Å². The SMILES string of the molecule is COC1(CCC(C)COC2OC(CO)C(O)C(O)C2O)OC2CC3C4CC=C5CC(OC6OC(CO)C(OC7OC(CO)C(O)C(OC8OC(CO)C(O)C(O)C8O)C7O)C(O)C6OC6OC(O)C(O)C(O)C6O)CCC5(C)C4CCC3(C)C2C1C. The summed E-state index contributed by atoms with van der Waals surface area (Å²) in [6.07, 6.45) is -35.3. The van der Waals surface area contributed by atoms with E-state index in [0.717, 1.165) is 25.7 Å². The second kappa shape index (κ2) is 26.9. The molecular formula is C57H94O29. The normalized spacial score (nSPS) is 54.3. The van der Waals surface area contributed by atoms with Crippen LogP contribution in [0.2, 0.25) is 0 Å². The molecule has 496 valence electrons. The first-order valence-corrected chi connectivity index (χ1v) is 30.5. The van der Waals surface area contributed by atoms with Crippen molar-refractivity contribution in [1.29, 1.82) is 0 Å². The van der Waals surface area contributed by atoms with E-state index in [-0.39, 0.29) is 41.3 Å². The molecule has 0 amide bonds. The van der Waals surface area contributed by atoms with Gasteiger partial charge in [0.15, 0.2) is 43.5 Å². The van der Waals surface area contributed by atoms with Crippen molar-refractivity contribution in [3.8, 4) is 0 Å². The lowest BCUT2D eigenvalue weighted by atomic mass is 9.47. The molecule has 10 rings (SSSR count). The monoisotopic (exact) mass is 1240 g/mol. The first kappa shape index (κ1) is 67.5. The minimum atomic E-state index is -2.07. The van der Waals surface area contributed by atoms with E-state index in [0.29, 0.717) is 49.9 Å². The fourth-order valence-electron chi connectivity index (χ4n) is 16.6. The Balaban J connectivity index is 0.808. The molecule has 0 radical (unpaired) electrons. The molecule has 6 heterocycles. The molecule has 0 aromatic rings. The van der Waals surface area contributed by atoms with Crippen molar-refractivity contribution in [1.82, 2.24) is 0 Å². The Morgan fingerprint density at radius 3 is 1.73 bits per heavy atom. The van der Waals surface area contributed by atoms with E-state index in [1.165, 1.54) is 5.57 Å². The van der Waals surface area contributed by atoms with E-state index in [9.17, 15) is 86.8 Å². The van der Waals surface area contributed by atoms with Gasteiger partial charge in [0, 0.05) is 19.4 Å². The Morgan fingerprint density at radius 2 is 1.10 bits per heavy atom. The van der Waals surface area contributed by atoms with Gasteiger partial charge in [-0.1, -0.05) is 39.3 Å². The van der Waals surface area contributed by atoms with E-state index in [4.69, 9.17) is 56.8 Å². The predicted octanol–water partition coefficient (Wildman–Crippen LogP) is -5.60. The Bertz CT molecular complexity index is 2260. The summed E-state index contributed by atoms with van der Waals surface area (Å²) in [4.78, 5) is 0. The molecule has 4 aliphatic carbocycles. The number of allylic oxidation sites excluding steroid dienone is 1. The topological polar surface area (TPSA) is 455 Å². The average molecular weight is 1240 g/mol. The van der Waals surface area contributed by atoms with E-state index in [1.54, 1.807) is 7.11 Å². The van der Waals surface area contributed by atoms with Crippen molar-refractivity contribution in [2.75, 3.05) is 40.1 Å². The van der Waals surface area contributed by atoms with Crippen molar-refractivity contribution in [2.24, 2.45) is 46.3 Å². The molecule has 29 heteroatoms. The summed E-state index contributed by atoms with van der Waals surface area (Å²) in [5.74, 6) is 0.453. The van der Waals surface area contributed by atoms with Gasteiger partial charge in [0.05, 0.1) is 45.2 Å². The van der Waals surface area contributed by atoms with Crippen molar-refractivity contribution in [2.45, 2.75) is 257 Å². The summed E-state index contributed by atoms with van der Waals surface area (Å²) in [6.45, 7) is 5.99. The second-order valence-electron chi connectivity index (χ2n) is 26.5. The predicted molar refractivity (Wildman–Crippen MR) is 284 cm³/mol. The number of methoxy groups -OCH3 is 1. The van der Waals surface area contributed by atoms with Crippen LogP contribution in [0.4, 0.5) is 0 Å². The highest BCUT2D eigenvalue weighted by Crippen LogP contribution is 2.70. The fourth-order valence-corrected chi connectivity index (χ4v) is 16.6. The van der Waals surface area contributed by atoms with Gasteiger partial charge in [0.2, 0.25) is 0 Å². The van der Waals surface area contributed by atoms with Gasteiger partial charge >= 0.3 is 0 Å².